The van der Waals surface area contributed by atoms with Gasteiger partial charge in [-0.1, -0.05) is 19.9 Å². The van der Waals surface area contributed by atoms with Gasteiger partial charge in [-0.2, -0.15) is 0 Å². The number of carbonyl (C=O) groups is 6. The molecular weight excluding hydrogens is 636 g/mol. The first kappa shape index (κ1) is 39.7. The molecule has 3 rings (SSSR count). The second-order valence-electron chi connectivity index (χ2n) is 11.5. The molecule has 15 heteroatoms. The van der Waals surface area contributed by atoms with Gasteiger partial charge in [0.25, 0.3) is 0 Å². The van der Waals surface area contributed by atoms with Crippen molar-refractivity contribution in [3.8, 4) is 0 Å². The van der Waals surface area contributed by atoms with Gasteiger partial charge in [0, 0.05) is 32.1 Å². The van der Waals surface area contributed by atoms with Crippen LogP contribution in [0.1, 0.15) is 87.4 Å². The summed E-state index contributed by atoms with van der Waals surface area (Å²) >= 11 is -3.79. The number of hydrogen-bond acceptors (Lipinski definition) is 12. The van der Waals surface area contributed by atoms with Gasteiger partial charge in [-0.05, 0) is 69.3 Å². The summed E-state index contributed by atoms with van der Waals surface area (Å²) < 4.78 is 41.3. The van der Waals surface area contributed by atoms with Gasteiger partial charge >= 0.3 is 56.6 Å². The van der Waals surface area contributed by atoms with Crippen LogP contribution < -0.4 is 0 Å². The summed E-state index contributed by atoms with van der Waals surface area (Å²) in [5.41, 5.74) is 1.14. The number of fused-ring (bicyclic) bond motifs is 1. The fourth-order valence-electron chi connectivity index (χ4n) is 6.28. The molecule has 0 spiro atoms. The van der Waals surface area contributed by atoms with Gasteiger partial charge < -0.3 is 24.4 Å². The van der Waals surface area contributed by atoms with Crippen LogP contribution >= 0.6 is 0 Å². The Bertz CT molecular complexity index is 1220. The number of ether oxygens (including phenoxy) is 3. The number of esters is 3. The predicted molar refractivity (Wildman–Crippen MR) is 148 cm³/mol. The molecule has 2 N–H and O–H groups in total. The monoisotopic (exact) mass is 681 g/mol. The zero-order valence-electron chi connectivity index (χ0n) is 27.3. The summed E-state index contributed by atoms with van der Waals surface area (Å²) in [5.74, 6) is -5.22. The van der Waals surface area contributed by atoms with E-state index in [1.807, 2.05) is 6.92 Å². The molecule has 0 aromatic carbocycles. The summed E-state index contributed by atoms with van der Waals surface area (Å²) in [5, 5.41) is 17.9. The van der Waals surface area contributed by atoms with E-state index in [0.29, 0.717) is 25.4 Å². The molecule has 254 valence electrons. The Morgan fingerprint density at radius 2 is 1.44 bits per heavy atom. The van der Waals surface area contributed by atoms with Crippen LogP contribution in [0.25, 0.3) is 0 Å². The van der Waals surface area contributed by atoms with Gasteiger partial charge in [0.2, 0.25) is 0 Å². The number of allylic oxidation sites excluding steroid dienone is 1. The fraction of sp³-hybridized carbons (Fsp3) is 0.733. The van der Waals surface area contributed by atoms with E-state index in [2.05, 4.69) is 13.0 Å². The Hall–Kier alpha value is -3.31. The Morgan fingerprint density at radius 3 is 1.96 bits per heavy atom. The molecule has 2 fully saturated rings. The molecule has 0 radical (unpaired) electrons. The number of aliphatic carboxylic acids is 2. The van der Waals surface area contributed by atoms with E-state index >= 15 is 0 Å². The minimum atomic E-state index is -3.79. The zero-order valence-corrected chi connectivity index (χ0v) is 27.5. The molecule has 8 atom stereocenters. The van der Waals surface area contributed by atoms with E-state index in [9.17, 15) is 33.9 Å². The van der Waals surface area contributed by atoms with Gasteiger partial charge in [-0.25, -0.2) is 0 Å². The third-order valence-corrected chi connectivity index (χ3v) is 8.29. The fourth-order valence-corrected chi connectivity index (χ4v) is 6.28. The normalized spacial score (nSPS) is 27.7. The van der Waals surface area contributed by atoms with E-state index in [4.69, 9.17) is 30.7 Å². The Morgan fingerprint density at radius 1 is 0.911 bits per heavy atom. The molecule has 0 aromatic heterocycles. The summed E-state index contributed by atoms with van der Waals surface area (Å²) in [7, 11) is 0. The third-order valence-electron chi connectivity index (χ3n) is 8.29. The molecule has 45 heavy (non-hydrogen) atoms. The number of carboxylic acids is 2. The van der Waals surface area contributed by atoms with Crippen LogP contribution in [0.3, 0.4) is 0 Å². The summed E-state index contributed by atoms with van der Waals surface area (Å²) in [6, 6.07) is 0. The summed E-state index contributed by atoms with van der Waals surface area (Å²) in [4.78, 5) is 68.8. The van der Waals surface area contributed by atoms with Crippen molar-refractivity contribution in [2.45, 2.75) is 98.2 Å². The number of ketones is 1. The second-order valence-corrected chi connectivity index (χ2v) is 12.1. The van der Waals surface area contributed by atoms with Crippen LogP contribution in [0.4, 0.5) is 0 Å². The predicted octanol–water partition coefficient (Wildman–Crippen LogP) is 3.72. The third kappa shape index (κ3) is 12.9. The first-order chi connectivity index (χ1) is 21.0. The Balaban J connectivity index is 0.000000774. The molecule has 0 aliphatic heterocycles. The van der Waals surface area contributed by atoms with Crippen LogP contribution in [-0.2, 0) is 68.3 Å². The van der Waals surface area contributed by atoms with Crippen molar-refractivity contribution in [2.24, 2.45) is 35.5 Å². The van der Waals surface area contributed by atoms with Gasteiger partial charge in [0.05, 0.1) is 18.4 Å². The van der Waals surface area contributed by atoms with Crippen molar-refractivity contribution in [3.63, 3.8) is 0 Å². The maximum absolute atomic E-state index is 12.4. The van der Waals surface area contributed by atoms with E-state index < -0.39 is 55.6 Å². The first-order valence-corrected chi connectivity index (χ1v) is 16.5. The number of rotatable bonds is 9. The average Bonchev–Trinajstić information content (AvgIpc) is 2.93. The van der Waals surface area contributed by atoms with Crippen LogP contribution in [0.2, 0.25) is 0 Å². The average molecular weight is 682 g/mol. The SMILES string of the molecule is CC(=O)OC1C(=O)C(C(CCC(=O)O)C(=O)O)CCC1C.CCOC(=O)C1CCC=C2C1CCC(C)C2OC(C)=O.[H+].[O]=[Cr](=[O])=[O]. The van der Waals surface area contributed by atoms with Crippen molar-refractivity contribution < 1.29 is 80.0 Å². The molecular formula is C30H45CrO14+. The second kappa shape index (κ2) is 19.3. The molecule has 0 aromatic rings. The van der Waals surface area contributed by atoms with Crippen LogP contribution in [-0.4, -0.2) is 64.7 Å². The van der Waals surface area contributed by atoms with Gasteiger partial charge in [-0.3, -0.25) is 28.8 Å². The molecule has 8 unspecified atom stereocenters. The van der Waals surface area contributed by atoms with Crippen molar-refractivity contribution in [1.82, 2.24) is 0 Å². The molecule has 3 aliphatic rings. The van der Waals surface area contributed by atoms with E-state index in [1.54, 1.807) is 6.92 Å². The maximum atomic E-state index is 12.4. The zero-order chi connectivity index (χ0) is 34.4. The molecule has 0 amide bonds. The number of Topliss-reactive ketones (excluding diaryl/α,β-unsaturated/α-hetero) is 1. The standard InChI is InChI=1S/C16H24O4.C14H20O7.Cr.3O/c1-4-19-16(18)14-7-5-6-13-12(14)9-8-10(2)15(13)20-11(3)17;1-7-3-4-9(12(18)13(7)21-8(2)15)10(14(19)20)5-6-11(16)17;;;;/h6,10,12,14-15H,4-5,7-9H2,1-3H3;7,9-10,13H,3-6H2,1-2H3,(H,16,17)(H,19,20);;;;/p+1. The summed E-state index contributed by atoms with van der Waals surface area (Å²) in [6.45, 7) is 8.78. The van der Waals surface area contributed by atoms with Crippen LogP contribution in [0.15, 0.2) is 11.6 Å². The molecule has 2 saturated carbocycles. The van der Waals surface area contributed by atoms with Gasteiger partial charge in [0.15, 0.2) is 11.9 Å². The molecule has 0 saturated heterocycles. The Kier molecular flexibility index (Phi) is 17.0. The first-order valence-electron chi connectivity index (χ1n) is 15.0. The van der Waals surface area contributed by atoms with Crippen molar-refractivity contribution in [1.29, 1.82) is 0 Å². The van der Waals surface area contributed by atoms with E-state index in [1.165, 1.54) is 13.8 Å². The number of carboxylic acid groups (broad SMARTS) is 2. The van der Waals surface area contributed by atoms with Crippen molar-refractivity contribution in [3.05, 3.63) is 11.6 Å². The topological polar surface area (TPSA) is 222 Å². The minimum absolute atomic E-state index is 0. The van der Waals surface area contributed by atoms with Crippen molar-refractivity contribution >= 4 is 35.6 Å². The van der Waals surface area contributed by atoms with Crippen LogP contribution in [0.5, 0.6) is 0 Å². The van der Waals surface area contributed by atoms with Crippen LogP contribution in [0, 0.1) is 35.5 Å². The molecule has 14 nitrogen and oxygen atoms in total. The van der Waals surface area contributed by atoms with E-state index in [0.717, 1.165) is 31.3 Å². The summed E-state index contributed by atoms with van der Waals surface area (Å²) in [6.07, 6.45) is 5.24. The number of carbonyl (C=O) groups excluding carboxylic acids is 4. The molecule has 0 heterocycles. The molecule has 0 bridgehead atoms. The van der Waals surface area contributed by atoms with E-state index in [-0.39, 0.29) is 50.1 Å². The van der Waals surface area contributed by atoms with Gasteiger partial charge in [0.1, 0.15) is 6.10 Å². The quantitative estimate of drug-likeness (QED) is 0.201. The Labute approximate surface area is 267 Å². The van der Waals surface area contributed by atoms with Gasteiger partial charge in [-0.15, -0.1) is 0 Å². The number of hydrogen-bond donors (Lipinski definition) is 2. The molecule has 3 aliphatic carbocycles. The van der Waals surface area contributed by atoms with Crippen molar-refractivity contribution in [2.75, 3.05) is 6.61 Å².